The minimum absolute atomic E-state index is 0.0569. The number of nitrogen functional groups attached to an aromatic ring is 1. The molecule has 0 aliphatic carbocycles. The van der Waals surface area contributed by atoms with Crippen molar-refractivity contribution >= 4 is 33.2 Å². The summed E-state index contributed by atoms with van der Waals surface area (Å²) in [6, 6.07) is 15.2. The van der Waals surface area contributed by atoms with Crippen molar-refractivity contribution in [1.82, 2.24) is 4.98 Å². The SMILES string of the molecule is COc1cc(-c2cc(-c3ccccc3)nc3sc(C(=O)O)c(N)c23)cc(OC)c1OC. The number of pyridine rings is 1. The van der Waals surface area contributed by atoms with E-state index in [2.05, 4.69) is 0 Å². The summed E-state index contributed by atoms with van der Waals surface area (Å²) >= 11 is 1.05. The second kappa shape index (κ2) is 8.16. The number of thiophene rings is 1. The topological polar surface area (TPSA) is 104 Å². The average molecular weight is 436 g/mol. The number of carbonyl (C=O) groups is 1. The highest BCUT2D eigenvalue weighted by Crippen LogP contribution is 2.46. The Hall–Kier alpha value is -3.78. The van der Waals surface area contributed by atoms with Crippen LogP contribution in [0.4, 0.5) is 5.69 Å². The van der Waals surface area contributed by atoms with E-state index in [1.54, 1.807) is 14.2 Å². The molecule has 0 radical (unpaired) electrons. The predicted octanol–water partition coefficient (Wildman–Crippen LogP) is 4.94. The lowest BCUT2D eigenvalue weighted by Crippen LogP contribution is -1.98. The molecular formula is C23H20N2O5S. The van der Waals surface area contributed by atoms with Gasteiger partial charge in [0.2, 0.25) is 5.75 Å². The number of aromatic carboxylic acids is 1. The third-order valence-corrected chi connectivity index (χ3v) is 6.03. The maximum atomic E-state index is 11.7. The summed E-state index contributed by atoms with van der Waals surface area (Å²) in [7, 11) is 4.62. The summed E-state index contributed by atoms with van der Waals surface area (Å²) in [4.78, 5) is 17.0. The molecule has 0 spiro atoms. The highest BCUT2D eigenvalue weighted by Gasteiger charge is 2.23. The molecule has 0 unspecified atom stereocenters. The summed E-state index contributed by atoms with van der Waals surface area (Å²) in [5, 5.41) is 10.2. The lowest BCUT2D eigenvalue weighted by Gasteiger charge is -2.15. The Morgan fingerprint density at radius 1 is 0.968 bits per heavy atom. The molecule has 0 aliphatic heterocycles. The van der Waals surface area contributed by atoms with Crippen molar-refractivity contribution in [2.75, 3.05) is 27.1 Å². The van der Waals surface area contributed by atoms with Gasteiger partial charge in [0.15, 0.2) is 11.5 Å². The van der Waals surface area contributed by atoms with Gasteiger partial charge in [-0.15, -0.1) is 11.3 Å². The Labute approximate surface area is 182 Å². The van der Waals surface area contributed by atoms with Crippen LogP contribution in [0.25, 0.3) is 32.6 Å². The second-order valence-corrected chi connectivity index (χ2v) is 7.66. The minimum atomic E-state index is -1.09. The fourth-order valence-electron chi connectivity index (χ4n) is 3.50. The van der Waals surface area contributed by atoms with Crippen molar-refractivity contribution in [2.24, 2.45) is 0 Å². The first-order valence-electron chi connectivity index (χ1n) is 9.30. The van der Waals surface area contributed by atoms with Gasteiger partial charge in [0, 0.05) is 10.9 Å². The predicted molar refractivity (Wildman–Crippen MR) is 122 cm³/mol. The van der Waals surface area contributed by atoms with Gasteiger partial charge in [0.25, 0.3) is 0 Å². The second-order valence-electron chi connectivity index (χ2n) is 6.67. The fourth-order valence-corrected chi connectivity index (χ4v) is 4.46. The van der Waals surface area contributed by atoms with E-state index >= 15 is 0 Å². The number of rotatable bonds is 6. The van der Waals surface area contributed by atoms with Crippen LogP contribution < -0.4 is 19.9 Å². The molecule has 158 valence electrons. The summed E-state index contributed by atoms with van der Waals surface area (Å²) in [5.41, 5.74) is 9.52. The van der Waals surface area contributed by atoms with Gasteiger partial charge >= 0.3 is 5.97 Å². The van der Waals surface area contributed by atoms with Crippen molar-refractivity contribution in [2.45, 2.75) is 0 Å². The first kappa shape index (κ1) is 20.5. The zero-order valence-electron chi connectivity index (χ0n) is 17.1. The van der Waals surface area contributed by atoms with Crippen molar-refractivity contribution in [1.29, 1.82) is 0 Å². The molecule has 0 bridgehead atoms. The Morgan fingerprint density at radius 3 is 2.16 bits per heavy atom. The van der Waals surface area contributed by atoms with Gasteiger partial charge in [-0.25, -0.2) is 9.78 Å². The Bertz CT molecular complexity index is 1260. The van der Waals surface area contributed by atoms with Gasteiger partial charge in [0.1, 0.15) is 9.71 Å². The molecule has 2 aromatic carbocycles. The Kier molecular flexibility index (Phi) is 5.39. The first-order chi connectivity index (χ1) is 15.0. The molecule has 3 N–H and O–H groups in total. The van der Waals surface area contributed by atoms with Crippen LogP contribution in [0.5, 0.6) is 17.2 Å². The van der Waals surface area contributed by atoms with Crippen LogP contribution in [0.3, 0.4) is 0 Å². The van der Waals surface area contributed by atoms with E-state index in [4.69, 9.17) is 24.9 Å². The quantitative estimate of drug-likeness (QED) is 0.441. The van der Waals surface area contributed by atoms with Crippen molar-refractivity contribution < 1.29 is 24.1 Å². The maximum Gasteiger partial charge on any atom is 0.348 e. The van der Waals surface area contributed by atoms with E-state index in [1.807, 2.05) is 48.5 Å². The van der Waals surface area contributed by atoms with E-state index in [1.165, 1.54) is 7.11 Å². The van der Waals surface area contributed by atoms with E-state index in [0.29, 0.717) is 33.2 Å². The number of nitrogens with zero attached hydrogens (tertiary/aromatic N) is 1. The average Bonchev–Trinajstić information content (AvgIpc) is 3.14. The number of benzene rings is 2. The van der Waals surface area contributed by atoms with Crippen LogP contribution in [0.1, 0.15) is 9.67 Å². The van der Waals surface area contributed by atoms with E-state index in [0.717, 1.165) is 28.0 Å². The van der Waals surface area contributed by atoms with Crippen LogP contribution >= 0.6 is 11.3 Å². The van der Waals surface area contributed by atoms with Crippen LogP contribution in [0, 0.1) is 0 Å². The Balaban J connectivity index is 2.08. The zero-order chi connectivity index (χ0) is 22.1. The van der Waals surface area contributed by atoms with E-state index < -0.39 is 5.97 Å². The van der Waals surface area contributed by atoms with Gasteiger partial charge in [-0.05, 0) is 29.3 Å². The monoisotopic (exact) mass is 436 g/mol. The van der Waals surface area contributed by atoms with Crippen LogP contribution in [0.15, 0.2) is 48.5 Å². The molecule has 0 amide bonds. The molecule has 4 aromatic rings. The summed E-state index contributed by atoms with van der Waals surface area (Å²) < 4.78 is 16.4. The number of anilines is 1. The molecule has 0 saturated carbocycles. The van der Waals surface area contributed by atoms with Crippen LogP contribution in [-0.2, 0) is 0 Å². The van der Waals surface area contributed by atoms with E-state index in [9.17, 15) is 9.90 Å². The molecule has 2 aromatic heterocycles. The molecule has 8 heteroatoms. The molecule has 7 nitrogen and oxygen atoms in total. The molecule has 0 fully saturated rings. The number of aromatic nitrogens is 1. The lowest BCUT2D eigenvalue weighted by atomic mass is 9.98. The number of methoxy groups -OCH3 is 3. The smallest absolute Gasteiger partial charge is 0.348 e. The number of carboxylic acid groups (broad SMARTS) is 1. The van der Waals surface area contributed by atoms with Gasteiger partial charge in [0.05, 0.1) is 32.7 Å². The third-order valence-electron chi connectivity index (χ3n) is 4.94. The summed E-state index contributed by atoms with van der Waals surface area (Å²) in [6.07, 6.45) is 0. The maximum absolute atomic E-state index is 11.7. The van der Waals surface area contributed by atoms with Crippen molar-refractivity contribution in [3.63, 3.8) is 0 Å². The van der Waals surface area contributed by atoms with Crippen LogP contribution in [0.2, 0.25) is 0 Å². The van der Waals surface area contributed by atoms with Gasteiger partial charge in [-0.3, -0.25) is 0 Å². The molecule has 31 heavy (non-hydrogen) atoms. The molecule has 0 atom stereocenters. The standard InChI is InChI=1S/C23H20N2O5S/c1-28-16-9-13(10-17(29-2)20(16)30-3)14-11-15(12-7-5-4-6-8-12)25-22-18(14)19(24)21(31-22)23(26)27/h4-11H,24H2,1-3H3,(H,26,27). The number of hydrogen-bond donors (Lipinski definition) is 2. The summed E-state index contributed by atoms with van der Waals surface area (Å²) in [5.74, 6) is 0.343. The lowest BCUT2D eigenvalue weighted by molar-refractivity contribution is 0.0703. The first-order valence-corrected chi connectivity index (χ1v) is 10.1. The van der Waals surface area contributed by atoms with Crippen molar-refractivity contribution in [3.8, 4) is 39.6 Å². The zero-order valence-corrected chi connectivity index (χ0v) is 17.9. The molecule has 2 heterocycles. The van der Waals surface area contributed by atoms with Gasteiger partial charge in [-0.2, -0.15) is 0 Å². The van der Waals surface area contributed by atoms with Gasteiger partial charge < -0.3 is 25.1 Å². The van der Waals surface area contributed by atoms with Crippen molar-refractivity contribution in [3.05, 3.63) is 53.4 Å². The largest absolute Gasteiger partial charge is 0.493 e. The summed E-state index contributed by atoms with van der Waals surface area (Å²) in [6.45, 7) is 0. The van der Waals surface area contributed by atoms with E-state index in [-0.39, 0.29) is 10.6 Å². The number of carboxylic acids is 1. The molecule has 0 saturated heterocycles. The van der Waals surface area contributed by atoms with Gasteiger partial charge in [-0.1, -0.05) is 30.3 Å². The highest BCUT2D eigenvalue weighted by atomic mass is 32.1. The third kappa shape index (κ3) is 3.51. The minimum Gasteiger partial charge on any atom is -0.493 e. The molecule has 0 aliphatic rings. The number of nitrogens with two attached hydrogens (primary N) is 1. The van der Waals surface area contributed by atoms with Crippen LogP contribution in [-0.4, -0.2) is 37.4 Å². The number of hydrogen-bond acceptors (Lipinski definition) is 7. The number of fused-ring (bicyclic) bond motifs is 1. The number of ether oxygens (including phenoxy) is 3. The highest BCUT2D eigenvalue weighted by molar-refractivity contribution is 7.21. The Morgan fingerprint density at radius 2 is 1.61 bits per heavy atom. The molecular weight excluding hydrogens is 416 g/mol. The molecule has 4 rings (SSSR count). The normalized spacial score (nSPS) is 10.8. The fraction of sp³-hybridized carbons (Fsp3) is 0.130.